The molecule has 33 heavy (non-hydrogen) atoms. The van der Waals surface area contributed by atoms with E-state index >= 15 is 0 Å². The molecule has 0 spiro atoms. The van der Waals surface area contributed by atoms with Gasteiger partial charge in [-0.25, -0.2) is 4.98 Å². The van der Waals surface area contributed by atoms with Crippen LogP contribution in [0.3, 0.4) is 0 Å². The number of hydrogen-bond donors (Lipinski definition) is 2. The second kappa shape index (κ2) is 11.9. The van der Waals surface area contributed by atoms with E-state index in [0.29, 0.717) is 18.5 Å². The molecular weight excluding hydrogens is 529 g/mol. The smallest absolute Gasteiger partial charge is 0.226 e. The van der Waals surface area contributed by atoms with Gasteiger partial charge in [0.2, 0.25) is 5.89 Å². The zero-order chi connectivity index (χ0) is 22.3. The van der Waals surface area contributed by atoms with Crippen molar-refractivity contribution in [2.75, 3.05) is 32.1 Å². The molecule has 0 saturated carbocycles. The summed E-state index contributed by atoms with van der Waals surface area (Å²) in [6.07, 6.45) is 3.92. The maximum absolute atomic E-state index is 5.66. The van der Waals surface area contributed by atoms with Crippen molar-refractivity contribution >= 4 is 35.6 Å². The number of guanidine groups is 1. The van der Waals surface area contributed by atoms with Crippen LogP contribution in [0.25, 0.3) is 11.5 Å². The second-order valence-corrected chi connectivity index (χ2v) is 8.07. The van der Waals surface area contributed by atoms with Crippen LogP contribution in [0.1, 0.15) is 24.1 Å². The van der Waals surface area contributed by atoms with Crippen molar-refractivity contribution in [1.82, 2.24) is 15.6 Å². The average molecular weight is 561 g/mol. The first-order valence-corrected chi connectivity index (χ1v) is 11.0. The van der Waals surface area contributed by atoms with Crippen LogP contribution in [0.15, 0.2) is 64.2 Å². The minimum atomic E-state index is 0. The highest BCUT2D eigenvalue weighted by Gasteiger charge is 2.21. The Morgan fingerprint density at radius 1 is 1.24 bits per heavy atom. The number of nitrogens with one attached hydrogen (secondary N) is 2. The van der Waals surface area contributed by atoms with Gasteiger partial charge in [-0.05, 0) is 44.0 Å². The summed E-state index contributed by atoms with van der Waals surface area (Å²) < 4.78 is 11.0. The van der Waals surface area contributed by atoms with Gasteiger partial charge in [0.25, 0.3) is 0 Å². The fraction of sp³-hybridized carbons (Fsp3) is 0.360. The zero-order valence-corrected chi connectivity index (χ0v) is 21.7. The molecule has 2 aromatic carbocycles. The molecule has 1 atom stereocenters. The lowest BCUT2D eigenvalue weighted by molar-refractivity contribution is 0.414. The molecule has 176 valence electrons. The number of aliphatic imine (C=N–C) groups is 1. The predicted octanol–water partition coefficient (Wildman–Crippen LogP) is 4.61. The number of aryl methyl sites for hydroxylation is 1. The Morgan fingerprint density at radius 2 is 2.06 bits per heavy atom. The molecule has 1 aromatic heterocycles. The Bertz CT molecular complexity index is 1050. The van der Waals surface area contributed by atoms with Crippen LogP contribution >= 0.6 is 24.0 Å². The molecule has 0 bridgehead atoms. The number of ether oxygens (including phenoxy) is 1. The topological polar surface area (TPSA) is 74.9 Å². The zero-order valence-electron chi connectivity index (χ0n) is 19.4. The Morgan fingerprint density at radius 3 is 2.82 bits per heavy atom. The van der Waals surface area contributed by atoms with Gasteiger partial charge in [0, 0.05) is 43.5 Å². The monoisotopic (exact) mass is 561 g/mol. The van der Waals surface area contributed by atoms with Gasteiger partial charge >= 0.3 is 0 Å². The van der Waals surface area contributed by atoms with Gasteiger partial charge < -0.3 is 24.7 Å². The van der Waals surface area contributed by atoms with E-state index < -0.39 is 0 Å². The molecule has 2 heterocycles. The summed E-state index contributed by atoms with van der Waals surface area (Å²) in [4.78, 5) is 11.4. The van der Waals surface area contributed by atoms with Crippen LogP contribution in [-0.2, 0) is 6.54 Å². The predicted molar refractivity (Wildman–Crippen MR) is 144 cm³/mol. The highest BCUT2D eigenvalue weighted by molar-refractivity contribution is 14.0. The van der Waals surface area contributed by atoms with Gasteiger partial charge in [-0.15, -0.1) is 24.0 Å². The summed E-state index contributed by atoms with van der Waals surface area (Å²) in [5.41, 5.74) is 4.21. The van der Waals surface area contributed by atoms with Crippen LogP contribution in [0.2, 0.25) is 0 Å². The van der Waals surface area contributed by atoms with Gasteiger partial charge in [-0.1, -0.05) is 23.8 Å². The molecule has 1 aliphatic rings. The van der Waals surface area contributed by atoms with Crippen molar-refractivity contribution in [2.45, 2.75) is 32.4 Å². The van der Waals surface area contributed by atoms with Crippen LogP contribution in [0.5, 0.6) is 5.75 Å². The SMILES string of the molecule is CN=C(NCc1coc(-c2ccc(C)cc2)n1)NC1CCCN(c2cccc(OC)c2)C1.I. The largest absolute Gasteiger partial charge is 0.497 e. The van der Waals surface area contributed by atoms with Gasteiger partial charge in [0.1, 0.15) is 12.0 Å². The molecule has 3 aromatic rings. The third-order valence-electron chi connectivity index (χ3n) is 5.69. The highest BCUT2D eigenvalue weighted by atomic mass is 127. The van der Waals surface area contributed by atoms with Crippen molar-refractivity contribution in [3.8, 4) is 17.2 Å². The fourth-order valence-electron chi connectivity index (χ4n) is 3.92. The Hall–Kier alpha value is -2.75. The van der Waals surface area contributed by atoms with Crippen LogP contribution in [0.4, 0.5) is 5.69 Å². The molecule has 7 nitrogen and oxygen atoms in total. The van der Waals surface area contributed by atoms with Crippen molar-refractivity contribution < 1.29 is 9.15 Å². The quantitative estimate of drug-likeness (QED) is 0.260. The van der Waals surface area contributed by atoms with Crippen molar-refractivity contribution in [3.05, 3.63) is 66.1 Å². The normalized spacial score (nSPS) is 16.2. The number of nitrogens with zero attached hydrogens (tertiary/aromatic N) is 3. The summed E-state index contributed by atoms with van der Waals surface area (Å²) >= 11 is 0. The first kappa shape index (κ1) is 24.9. The molecule has 2 N–H and O–H groups in total. The lowest BCUT2D eigenvalue weighted by Crippen LogP contribution is -2.51. The minimum Gasteiger partial charge on any atom is -0.497 e. The Labute approximate surface area is 212 Å². The van der Waals surface area contributed by atoms with Crippen molar-refractivity contribution in [1.29, 1.82) is 0 Å². The summed E-state index contributed by atoms with van der Waals surface area (Å²) in [6, 6.07) is 16.7. The molecule has 1 fully saturated rings. The number of rotatable bonds is 6. The van der Waals surface area contributed by atoms with E-state index in [9.17, 15) is 0 Å². The number of oxazole rings is 1. The Balaban J connectivity index is 0.00000306. The molecule has 0 aliphatic carbocycles. The Kier molecular flexibility index (Phi) is 8.99. The number of anilines is 1. The summed E-state index contributed by atoms with van der Waals surface area (Å²) in [7, 11) is 3.49. The van der Waals surface area contributed by atoms with Crippen molar-refractivity contribution in [2.24, 2.45) is 4.99 Å². The number of halogens is 1. The molecule has 1 unspecified atom stereocenters. The van der Waals surface area contributed by atoms with E-state index in [1.54, 1.807) is 20.4 Å². The lowest BCUT2D eigenvalue weighted by Gasteiger charge is -2.35. The highest BCUT2D eigenvalue weighted by Crippen LogP contribution is 2.24. The maximum Gasteiger partial charge on any atom is 0.226 e. The van der Waals surface area contributed by atoms with Gasteiger partial charge in [-0.3, -0.25) is 4.99 Å². The third-order valence-corrected chi connectivity index (χ3v) is 5.69. The summed E-state index contributed by atoms with van der Waals surface area (Å²) in [6.45, 7) is 4.56. The van der Waals surface area contributed by atoms with E-state index in [4.69, 9.17) is 9.15 Å². The second-order valence-electron chi connectivity index (χ2n) is 8.07. The van der Waals surface area contributed by atoms with E-state index in [0.717, 1.165) is 48.9 Å². The summed E-state index contributed by atoms with van der Waals surface area (Å²) in [5, 5.41) is 6.91. The fourth-order valence-corrected chi connectivity index (χ4v) is 3.92. The summed E-state index contributed by atoms with van der Waals surface area (Å²) in [5.74, 6) is 2.28. The van der Waals surface area contributed by atoms with Gasteiger partial charge in [-0.2, -0.15) is 0 Å². The number of benzene rings is 2. The van der Waals surface area contributed by atoms with Crippen LogP contribution in [0, 0.1) is 6.92 Å². The number of hydrogen-bond acceptors (Lipinski definition) is 5. The standard InChI is InChI=1S/C25H31N5O2.HI/c1-18-9-11-19(12-10-18)24-28-21(17-32-24)15-27-25(26-2)29-20-6-5-13-30(16-20)22-7-4-8-23(14-22)31-3;/h4,7-12,14,17,20H,5-6,13,15-16H2,1-3H3,(H2,26,27,29);1H. The number of aromatic nitrogens is 1. The van der Waals surface area contributed by atoms with E-state index in [2.05, 4.69) is 56.7 Å². The average Bonchev–Trinajstić information content (AvgIpc) is 3.31. The molecule has 0 radical (unpaired) electrons. The molecule has 8 heteroatoms. The van der Waals surface area contributed by atoms with E-state index in [-0.39, 0.29) is 24.0 Å². The van der Waals surface area contributed by atoms with E-state index in [1.165, 1.54) is 11.3 Å². The first-order chi connectivity index (χ1) is 15.6. The molecule has 4 rings (SSSR count). The van der Waals surface area contributed by atoms with E-state index in [1.807, 2.05) is 24.3 Å². The van der Waals surface area contributed by atoms with Gasteiger partial charge in [0.15, 0.2) is 5.96 Å². The number of piperidine rings is 1. The van der Waals surface area contributed by atoms with Crippen molar-refractivity contribution in [3.63, 3.8) is 0 Å². The number of methoxy groups -OCH3 is 1. The maximum atomic E-state index is 5.66. The molecule has 0 amide bonds. The molecule has 1 aliphatic heterocycles. The van der Waals surface area contributed by atoms with Gasteiger partial charge in [0.05, 0.1) is 19.3 Å². The van der Waals surface area contributed by atoms with Crippen LogP contribution in [-0.4, -0.2) is 44.2 Å². The minimum absolute atomic E-state index is 0. The first-order valence-electron chi connectivity index (χ1n) is 11.0. The molecule has 1 saturated heterocycles. The molecular formula is C25H32IN5O2. The van der Waals surface area contributed by atoms with Crippen LogP contribution < -0.4 is 20.3 Å². The third kappa shape index (κ3) is 6.63. The lowest BCUT2D eigenvalue weighted by atomic mass is 10.0.